The first kappa shape index (κ1) is 14.2. The van der Waals surface area contributed by atoms with Crippen molar-refractivity contribution in [3.63, 3.8) is 0 Å². The van der Waals surface area contributed by atoms with Gasteiger partial charge in [-0.15, -0.1) is 0 Å². The van der Waals surface area contributed by atoms with Crippen molar-refractivity contribution in [2.45, 2.75) is 59.9 Å². The van der Waals surface area contributed by atoms with Gasteiger partial charge in [0, 0.05) is 18.9 Å². The highest BCUT2D eigenvalue weighted by molar-refractivity contribution is 4.93. The summed E-state index contributed by atoms with van der Waals surface area (Å²) in [6.45, 7) is 11.9. The van der Waals surface area contributed by atoms with Crippen molar-refractivity contribution in [2.24, 2.45) is 5.41 Å². The molecule has 4 heteroatoms. The van der Waals surface area contributed by atoms with E-state index in [0.717, 1.165) is 37.5 Å². The molecule has 1 aromatic rings. The van der Waals surface area contributed by atoms with Gasteiger partial charge in [-0.2, -0.15) is 4.98 Å². The van der Waals surface area contributed by atoms with Crippen molar-refractivity contribution in [2.75, 3.05) is 6.54 Å². The number of hydrogen-bond donors (Lipinski definition) is 1. The first-order valence-corrected chi connectivity index (χ1v) is 6.52. The van der Waals surface area contributed by atoms with Crippen LogP contribution < -0.4 is 5.32 Å². The quantitative estimate of drug-likeness (QED) is 0.829. The zero-order chi connectivity index (χ0) is 12.9. The van der Waals surface area contributed by atoms with E-state index in [9.17, 15) is 0 Å². The number of likely N-dealkylation sites (N-methyl/N-ethyl adjacent to an activating group) is 1. The predicted octanol–water partition coefficient (Wildman–Crippen LogP) is 2.59. The van der Waals surface area contributed by atoms with Gasteiger partial charge in [-0.1, -0.05) is 39.8 Å². The highest BCUT2D eigenvalue weighted by atomic mass is 16.5. The lowest BCUT2D eigenvalue weighted by atomic mass is 9.84. The average Bonchev–Trinajstić information content (AvgIpc) is 2.64. The SMILES string of the molecule is CCCc1noc(CC(NCC)C(C)(C)C)n1. The third-order valence-electron chi connectivity index (χ3n) is 2.86. The summed E-state index contributed by atoms with van der Waals surface area (Å²) in [5.74, 6) is 1.57. The van der Waals surface area contributed by atoms with E-state index in [1.807, 2.05) is 0 Å². The Morgan fingerprint density at radius 1 is 1.29 bits per heavy atom. The van der Waals surface area contributed by atoms with Crippen LogP contribution in [0, 0.1) is 5.41 Å². The fraction of sp³-hybridized carbons (Fsp3) is 0.846. The molecule has 1 atom stereocenters. The molecule has 0 saturated carbocycles. The van der Waals surface area contributed by atoms with Gasteiger partial charge < -0.3 is 9.84 Å². The van der Waals surface area contributed by atoms with E-state index in [1.54, 1.807) is 0 Å². The van der Waals surface area contributed by atoms with Gasteiger partial charge in [0.2, 0.25) is 5.89 Å². The van der Waals surface area contributed by atoms with Crippen molar-refractivity contribution in [1.29, 1.82) is 0 Å². The van der Waals surface area contributed by atoms with Crippen LogP contribution in [0.1, 0.15) is 52.8 Å². The van der Waals surface area contributed by atoms with Crippen LogP contribution >= 0.6 is 0 Å². The summed E-state index contributed by atoms with van der Waals surface area (Å²) in [7, 11) is 0. The molecule has 1 heterocycles. The number of nitrogens with one attached hydrogen (secondary N) is 1. The Kier molecular flexibility index (Phi) is 5.12. The maximum atomic E-state index is 5.29. The van der Waals surface area contributed by atoms with Crippen LogP contribution in [0.4, 0.5) is 0 Å². The van der Waals surface area contributed by atoms with Gasteiger partial charge in [-0.25, -0.2) is 0 Å². The van der Waals surface area contributed by atoms with Gasteiger partial charge in [0.05, 0.1) is 0 Å². The predicted molar refractivity (Wildman–Crippen MR) is 68.9 cm³/mol. The van der Waals surface area contributed by atoms with Crippen molar-refractivity contribution >= 4 is 0 Å². The number of aryl methyl sites for hydroxylation is 1. The topological polar surface area (TPSA) is 51.0 Å². The largest absolute Gasteiger partial charge is 0.339 e. The van der Waals surface area contributed by atoms with E-state index in [-0.39, 0.29) is 5.41 Å². The molecule has 17 heavy (non-hydrogen) atoms. The molecule has 0 radical (unpaired) electrons. The van der Waals surface area contributed by atoms with Crippen molar-refractivity contribution in [3.05, 3.63) is 11.7 Å². The molecule has 98 valence electrons. The van der Waals surface area contributed by atoms with Crippen LogP contribution in [0.25, 0.3) is 0 Å². The first-order valence-electron chi connectivity index (χ1n) is 6.52. The lowest BCUT2D eigenvalue weighted by Gasteiger charge is -2.30. The first-order chi connectivity index (χ1) is 7.97. The van der Waals surface area contributed by atoms with Crippen LogP contribution in [0.2, 0.25) is 0 Å². The van der Waals surface area contributed by atoms with Crippen LogP contribution in [0.3, 0.4) is 0 Å². The molecule has 0 amide bonds. The van der Waals surface area contributed by atoms with E-state index >= 15 is 0 Å². The molecule has 1 N–H and O–H groups in total. The summed E-state index contributed by atoms with van der Waals surface area (Å²) < 4.78 is 5.29. The van der Waals surface area contributed by atoms with Crippen molar-refractivity contribution < 1.29 is 4.52 Å². The standard InChI is InChI=1S/C13H25N3O/c1-6-8-11-15-12(17-16-11)9-10(14-7-2)13(3,4)5/h10,14H,6-9H2,1-5H3. The van der Waals surface area contributed by atoms with Gasteiger partial charge in [0.1, 0.15) is 0 Å². The Balaban J connectivity index is 2.65. The zero-order valence-electron chi connectivity index (χ0n) is 11.7. The Morgan fingerprint density at radius 2 is 2.00 bits per heavy atom. The van der Waals surface area contributed by atoms with E-state index in [1.165, 1.54) is 0 Å². The van der Waals surface area contributed by atoms with Crippen LogP contribution in [0.15, 0.2) is 4.52 Å². The summed E-state index contributed by atoms with van der Waals surface area (Å²) in [6.07, 6.45) is 2.74. The fourth-order valence-corrected chi connectivity index (χ4v) is 1.80. The second-order valence-corrected chi connectivity index (χ2v) is 5.53. The van der Waals surface area contributed by atoms with Gasteiger partial charge in [0.25, 0.3) is 0 Å². The number of nitrogens with zero attached hydrogens (tertiary/aromatic N) is 2. The molecule has 0 aliphatic heterocycles. The average molecular weight is 239 g/mol. The monoisotopic (exact) mass is 239 g/mol. The Bertz CT molecular complexity index is 328. The molecule has 0 aliphatic carbocycles. The van der Waals surface area contributed by atoms with E-state index in [2.05, 4.69) is 50.1 Å². The maximum absolute atomic E-state index is 5.29. The molecular formula is C13H25N3O. The number of hydrogen-bond acceptors (Lipinski definition) is 4. The summed E-state index contributed by atoms with van der Waals surface area (Å²) >= 11 is 0. The smallest absolute Gasteiger partial charge is 0.228 e. The molecular weight excluding hydrogens is 214 g/mol. The molecule has 0 spiro atoms. The van der Waals surface area contributed by atoms with Gasteiger partial charge in [-0.3, -0.25) is 0 Å². The zero-order valence-corrected chi connectivity index (χ0v) is 11.7. The lowest BCUT2D eigenvalue weighted by Crippen LogP contribution is -2.41. The fourth-order valence-electron chi connectivity index (χ4n) is 1.80. The highest BCUT2D eigenvalue weighted by Crippen LogP contribution is 2.22. The number of aromatic nitrogens is 2. The minimum atomic E-state index is 0.190. The molecule has 0 aliphatic rings. The molecule has 0 aromatic carbocycles. The molecule has 1 unspecified atom stereocenters. The Labute approximate surface area is 104 Å². The molecule has 0 bridgehead atoms. The Hall–Kier alpha value is -0.900. The summed E-state index contributed by atoms with van der Waals surface area (Å²) in [6, 6.07) is 0.363. The van der Waals surface area contributed by atoms with Gasteiger partial charge in [0.15, 0.2) is 5.82 Å². The lowest BCUT2D eigenvalue weighted by molar-refractivity contribution is 0.247. The molecule has 0 fully saturated rings. The summed E-state index contributed by atoms with van der Waals surface area (Å²) in [4.78, 5) is 4.42. The van der Waals surface area contributed by atoms with E-state index in [0.29, 0.717) is 6.04 Å². The van der Waals surface area contributed by atoms with E-state index < -0.39 is 0 Å². The van der Waals surface area contributed by atoms with E-state index in [4.69, 9.17) is 4.52 Å². The van der Waals surface area contributed by atoms with Crippen molar-refractivity contribution in [1.82, 2.24) is 15.5 Å². The van der Waals surface area contributed by atoms with Crippen molar-refractivity contribution in [3.8, 4) is 0 Å². The van der Waals surface area contributed by atoms with Gasteiger partial charge in [-0.05, 0) is 18.4 Å². The minimum Gasteiger partial charge on any atom is -0.339 e. The van der Waals surface area contributed by atoms with Crippen LogP contribution in [-0.4, -0.2) is 22.7 Å². The summed E-state index contributed by atoms with van der Waals surface area (Å²) in [5, 5.41) is 7.47. The third kappa shape index (κ3) is 4.46. The van der Waals surface area contributed by atoms with Crippen LogP contribution in [0.5, 0.6) is 0 Å². The second-order valence-electron chi connectivity index (χ2n) is 5.53. The second kappa shape index (κ2) is 6.15. The normalized spacial score (nSPS) is 13.9. The third-order valence-corrected chi connectivity index (χ3v) is 2.86. The number of rotatable bonds is 6. The molecule has 1 rings (SSSR count). The maximum Gasteiger partial charge on any atom is 0.228 e. The molecule has 0 saturated heterocycles. The molecule has 4 nitrogen and oxygen atoms in total. The van der Waals surface area contributed by atoms with Gasteiger partial charge >= 0.3 is 0 Å². The summed E-state index contributed by atoms with van der Waals surface area (Å²) in [5.41, 5.74) is 0.190. The Morgan fingerprint density at radius 3 is 2.53 bits per heavy atom. The minimum absolute atomic E-state index is 0.190. The highest BCUT2D eigenvalue weighted by Gasteiger charge is 2.25. The van der Waals surface area contributed by atoms with Crippen LogP contribution in [-0.2, 0) is 12.8 Å². The molecule has 1 aromatic heterocycles.